The molecule has 0 fully saturated rings. The van der Waals surface area contributed by atoms with Crippen molar-refractivity contribution in [2.75, 3.05) is 11.9 Å². The molecule has 0 saturated carbocycles. The van der Waals surface area contributed by atoms with E-state index in [1.54, 1.807) is 18.7 Å². The highest BCUT2D eigenvalue weighted by atomic mass is 15.0. The molecular weight excluding hydrogens is 200 g/mol. The number of rotatable bonds is 4. The molecule has 1 N–H and O–H groups in total. The summed E-state index contributed by atoms with van der Waals surface area (Å²) < 4.78 is 0. The summed E-state index contributed by atoms with van der Waals surface area (Å²) in [6.45, 7) is 3.05. The Kier molecular flexibility index (Phi) is 3.43. The zero-order chi connectivity index (χ0) is 11.2. The summed E-state index contributed by atoms with van der Waals surface area (Å²) in [6.07, 6.45) is 6.18. The number of nitrogens with zero attached hydrogens (tertiary/aromatic N) is 3. The first-order valence-electron chi connectivity index (χ1n) is 5.36. The maximum absolute atomic E-state index is 4.24. The number of nitrogens with one attached hydrogen (secondary N) is 1. The summed E-state index contributed by atoms with van der Waals surface area (Å²) in [4.78, 5) is 12.4. The average Bonchev–Trinajstić information content (AvgIpc) is 2.38. The van der Waals surface area contributed by atoms with Crippen LogP contribution in [0.5, 0.6) is 0 Å². The maximum atomic E-state index is 4.24. The molecule has 0 unspecified atom stereocenters. The Morgan fingerprint density at radius 3 is 2.75 bits per heavy atom. The van der Waals surface area contributed by atoms with Gasteiger partial charge in [-0.15, -0.1) is 0 Å². The van der Waals surface area contributed by atoms with E-state index in [9.17, 15) is 0 Å². The van der Waals surface area contributed by atoms with Crippen LogP contribution in [0.4, 0.5) is 5.82 Å². The molecule has 0 aliphatic rings. The molecule has 0 bridgehead atoms. The van der Waals surface area contributed by atoms with Crippen LogP contribution in [0.3, 0.4) is 0 Å². The van der Waals surface area contributed by atoms with Gasteiger partial charge in [0.05, 0.1) is 5.69 Å². The standard InChI is InChI=1S/C12H14N4/c1-2-5-14-12-8-11(15-9-16-12)10-3-6-13-7-4-10/h3-4,6-9H,2,5H2,1H3,(H,14,15,16). The molecule has 0 saturated heterocycles. The highest BCUT2D eigenvalue weighted by molar-refractivity contribution is 5.61. The first-order valence-corrected chi connectivity index (χ1v) is 5.36. The zero-order valence-corrected chi connectivity index (χ0v) is 9.22. The topological polar surface area (TPSA) is 50.7 Å². The van der Waals surface area contributed by atoms with Crippen molar-refractivity contribution in [3.05, 3.63) is 36.9 Å². The summed E-state index contributed by atoms with van der Waals surface area (Å²) in [5, 5.41) is 3.24. The molecule has 82 valence electrons. The van der Waals surface area contributed by atoms with Gasteiger partial charge in [-0.3, -0.25) is 4.98 Å². The lowest BCUT2D eigenvalue weighted by Crippen LogP contribution is -2.02. The van der Waals surface area contributed by atoms with Crippen molar-refractivity contribution < 1.29 is 0 Å². The van der Waals surface area contributed by atoms with Gasteiger partial charge in [-0.25, -0.2) is 9.97 Å². The molecule has 2 aromatic heterocycles. The van der Waals surface area contributed by atoms with Crippen LogP contribution in [-0.2, 0) is 0 Å². The molecular formula is C12H14N4. The second kappa shape index (κ2) is 5.21. The molecule has 2 heterocycles. The van der Waals surface area contributed by atoms with E-state index >= 15 is 0 Å². The van der Waals surface area contributed by atoms with Crippen molar-refractivity contribution in [3.63, 3.8) is 0 Å². The molecule has 2 aromatic rings. The molecule has 0 aliphatic carbocycles. The van der Waals surface area contributed by atoms with Crippen molar-refractivity contribution in [2.24, 2.45) is 0 Å². The van der Waals surface area contributed by atoms with Crippen LogP contribution in [0.1, 0.15) is 13.3 Å². The lowest BCUT2D eigenvalue weighted by atomic mass is 10.2. The minimum atomic E-state index is 0.865. The van der Waals surface area contributed by atoms with Crippen molar-refractivity contribution in [1.82, 2.24) is 15.0 Å². The highest BCUT2D eigenvalue weighted by Crippen LogP contribution is 2.17. The van der Waals surface area contributed by atoms with Crippen LogP contribution in [0.25, 0.3) is 11.3 Å². The second-order valence-corrected chi connectivity index (χ2v) is 3.45. The molecule has 16 heavy (non-hydrogen) atoms. The Labute approximate surface area is 94.8 Å². The number of aromatic nitrogens is 3. The quantitative estimate of drug-likeness (QED) is 0.848. The predicted molar refractivity (Wildman–Crippen MR) is 64.0 cm³/mol. The minimum Gasteiger partial charge on any atom is -0.370 e. The van der Waals surface area contributed by atoms with Crippen LogP contribution >= 0.6 is 0 Å². The fourth-order valence-electron chi connectivity index (χ4n) is 1.39. The van der Waals surface area contributed by atoms with E-state index in [1.807, 2.05) is 18.2 Å². The molecule has 0 aromatic carbocycles. The largest absolute Gasteiger partial charge is 0.370 e. The molecule has 4 nitrogen and oxygen atoms in total. The Morgan fingerprint density at radius 1 is 1.19 bits per heavy atom. The van der Waals surface area contributed by atoms with Crippen molar-refractivity contribution in [3.8, 4) is 11.3 Å². The molecule has 0 amide bonds. The van der Waals surface area contributed by atoms with Crippen LogP contribution in [0.15, 0.2) is 36.9 Å². The third-order valence-corrected chi connectivity index (χ3v) is 2.20. The fraction of sp³-hybridized carbons (Fsp3) is 0.250. The van der Waals surface area contributed by atoms with Crippen LogP contribution in [0.2, 0.25) is 0 Å². The summed E-state index contributed by atoms with van der Waals surface area (Å²) >= 11 is 0. The molecule has 0 spiro atoms. The Bertz CT molecular complexity index is 442. The van der Waals surface area contributed by atoms with E-state index in [2.05, 4.69) is 27.2 Å². The normalized spacial score (nSPS) is 10.1. The first kappa shape index (κ1) is 10.5. The minimum absolute atomic E-state index is 0.865. The van der Waals surface area contributed by atoms with Gasteiger partial charge < -0.3 is 5.32 Å². The van der Waals surface area contributed by atoms with Crippen molar-refractivity contribution in [2.45, 2.75) is 13.3 Å². The SMILES string of the molecule is CCCNc1cc(-c2ccncc2)ncn1. The maximum Gasteiger partial charge on any atom is 0.129 e. The van der Waals surface area contributed by atoms with Gasteiger partial charge in [-0.2, -0.15) is 0 Å². The summed E-state index contributed by atoms with van der Waals surface area (Å²) in [5.74, 6) is 0.865. The van der Waals surface area contributed by atoms with Crippen molar-refractivity contribution in [1.29, 1.82) is 0 Å². The van der Waals surface area contributed by atoms with E-state index in [0.29, 0.717) is 0 Å². The Hall–Kier alpha value is -1.97. The third kappa shape index (κ3) is 2.53. The van der Waals surface area contributed by atoms with Crippen LogP contribution in [0, 0.1) is 0 Å². The smallest absolute Gasteiger partial charge is 0.129 e. The highest BCUT2D eigenvalue weighted by Gasteiger charge is 2.00. The second-order valence-electron chi connectivity index (χ2n) is 3.45. The van der Waals surface area contributed by atoms with Gasteiger partial charge in [0.2, 0.25) is 0 Å². The number of pyridine rings is 1. The summed E-state index contributed by atoms with van der Waals surface area (Å²) in [7, 11) is 0. The van der Waals surface area contributed by atoms with Gasteiger partial charge in [-0.05, 0) is 18.6 Å². The lowest BCUT2D eigenvalue weighted by Gasteiger charge is -2.05. The van der Waals surface area contributed by atoms with E-state index in [-0.39, 0.29) is 0 Å². The Balaban J connectivity index is 2.22. The van der Waals surface area contributed by atoms with Gasteiger partial charge in [0.1, 0.15) is 12.1 Å². The van der Waals surface area contributed by atoms with E-state index in [0.717, 1.165) is 30.0 Å². The third-order valence-electron chi connectivity index (χ3n) is 2.20. The van der Waals surface area contributed by atoms with Gasteiger partial charge in [0, 0.05) is 30.6 Å². The number of hydrogen-bond donors (Lipinski definition) is 1. The van der Waals surface area contributed by atoms with Gasteiger partial charge in [-0.1, -0.05) is 6.92 Å². The molecule has 0 atom stereocenters. The van der Waals surface area contributed by atoms with E-state index < -0.39 is 0 Å². The van der Waals surface area contributed by atoms with E-state index in [1.165, 1.54) is 0 Å². The summed E-state index contributed by atoms with van der Waals surface area (Å²) in [5.41, 5.74) is 1.97. The molecule has 0 aliphatic heterocycles. The van der Waals surface area contributed by atoms with E-state index in [4.69, 9.17) is 0 Å². The monoisotopic (exact) mass is 214 g/mol. The predicted octanol–water partition coefficient (Wildman–Crippen LogP) is 2.36. The Morgan fingerprint density at radius 2 is 2.00 bits per heavy atom. The van der Waals surface area contributed by atoms with Gasteiger partial charge in [0.15, 0.2) is 0 Å². The first-order chi connectivity index (χ1) is 7.90. The molecule has 0 radical (unpaired) electrons. The van der Waals surface area contributed by atoms with Crippen LogP contribution in [-0.4, -0.2) is 21.5 Å². The lowest BCUT2D eigenvalue weighted by molar-refractivity contribution is 0.965. The van der Waals surface area contributed by atoms with Crippen LogP contribution < -0.4 is 5.32 Å². The number of anilines is 1. The zero-order valence-electron chi connectivity index (χ0n) is 9.22. The van der Waals surface area contributed by atoms with Gasteiger partial charge in [0.25, 0.3) is 0 Å². The average molecular weight is 214 g/mol. The van der Waals surface area contributed by atoms with Crippen molar-refractivity contribution >= 4 is 5.82 Å². The fourth-order valence-corrected chi connectivity index (χ4v) is 1.39. The summed E-state index contributed by atoms with van der Waals surface area (Å²) in [6, 6.07) is 5.82. The molecule has 4 heteroatoms. The number of hydrogen-bond acceptors (Lipinski definition) is 4. The van der Waals surface area contributed by atoms with Gasteiger partial charge >= 0.3 is 0 Å². The molecule has 2 rings (SSSR count).